The minimum absolute atomic E-state index is 0.168. The summed E-state index contributed by atoms with van der Waals surface area (Å²) in [7, 11) is 0. The first-order chi connectivity index (χ1) is 8.61. The lowest BCUT2D eigenvalue weighted by Gasteiger charge is -2.10. The molecule has 4 heteroatoms. The minimum atomic E-state index is -0.657. The smallest absolute Gasteiger partial charge is 0.242 e. The number of benzene rings is 1. The van der Waals surface area contributed by atoms with Crippen LogP contribution in [0, 0.1) is 6.92 Å². The van der Waals surface area contributed by atoms with Crippen LogP contribution < -0.4 is 5.32 Å². The third-order valence-corrected chi connectivity index (χ3v) is 3.18. The maximum Gasteiger partial charge on any atom is 0.242 e. The topological polar surface area (TPSA) is 42.0 Å². The Morgan fingerprint density at radius 1 is 1.39 bits per heavy atom. The normalized spacial score (nSPS) is 12.4. The Morgan fingerprint density at radius 3 is 2.89 bits per heavy atom. The molecule has 0 aliphatic rings. The number of hydrogen-bond donors (Lipinski definition) is 1. The molecule has 1 amide bonds. The van der Waals surface area contributed by atoms with E-state index < -0.39 is 5.38 Å². The van der Waals surface area contributed by atoms with Gasteiger partial charge in [0.1, 0.15) is 5.38 Å². The second kappa shape index (κ2) is 5.36. The molecule has 0 saturated carbocycles. The number of nitrogens with one attached hydrogen (secondary N) is 1. The van der Waals surface area contributed by atoms with Crippen LogP contribution in [0.15, 0.2) is 30.3 Å². The number of carbonyl (C=O) groups excluding carboxylic acids is 1. The Bertz CT molecular complexity index is 583. The van der Waals surface area contributed by atoms with E-state index in [1.54, 1.807) is 0 Å². The maximum absolute atomic E-state index is 11.7. The van der Waals surface area contributed by atoms with Crippen molar-refractivity contribution in [2.45, 2.75) is 19.2 Å². The first kappa shape index (κ1) is 12.8. The van der Waals surface area contributed by atoms with E-state index in [4.69, 9.17) is 11.6 Å². The van der Waals surface area contributed by atoms with Gasteiger partial charge in [-0.25, -0.2) is 0 Å². The molecule has 18 heavy (non-hydrogen) atoms. The summed E-state index contributed by atoms with van der Waals surface area (Å²) < 4.78 is 0. The average molecular weight is 263 g/mol. The van der Waals surface area contributed by atoms with Crippen molar-refractivity contribution in [2.75, 3.05) is 6.54 Å². The monoisotopic (exact) mass is 262 g/mol. The van der Waals surface area contributed by atoms with Gasteiger partial charge in [-0.15, -0.1) is 11.6 Å². The van der Waals surface area contributed by atoms with Gasteiger partial charge in [-0.1, -0.05) is 12.1 Å². The number of alkyl halides is 1. The number of carbonyl (C=O) groups is 1. The van der Waals surface area contributed by atoms with Crippen LogP contribution in [0.2, 0.25) is 0 Å². The Balaban J connectivity index is 2.35. The average Bonchev–Trinajstić information content (AvgIpc) is 2.37. The molecule has 0 saturated heterocycles. The van der Waals surface area contributed by atoms with Gasteiger partial charge in [-0.2, -0.15) is 0 Å². The van der Waals surface area contributed by atoms with E-state index in [1.165, 1.54) is 0 Å². The fraction of sp³-hybridized carbons (Fsp3) is 0.286. The SMILES string of the molecule is CCNC(=O)C(Cl)c1ccc2nc(C)ccc2c1. The minimum Gasteiger partial charge on any atom is -0.355 e. The maximum atomic E-state index is 11.7. The molecule has 0 fully saturated rings. The number of nitrogens with zero attached hydrogens (tertiary/aromatic N) is 1. The van der Waals surface area contributed by atoms with E-state index in [0.29, 0.717) is 6.54 Å². The van der Waals surface area contributed by atoms with Crippen molar-refractivity contribution in [2.24, 2.45) is 0 Å². The molecule has 1 aromatic carbocycles. The number of aromatic nitrogens is 1. The molecular weight excluding hydrogens is 248 g/mol. The van der Waals surface area contributed by atoms with Crippen LogP contribution in [0.3, 0.4) is 0 Å². The second-order valence-electron chi connectivity index (χ2n) is 4.16. The summed E-state index contributed by atoms with van der Waals surface area (Å²) in [4.78, 5) is 16.1. The summed E-state index contributed by atoms with van der Waals surface area (Å²) in [6.07, 6.45) is 0. The highest BCUT2D eigenvalue weighted by Gasteiger charge is 2.16. The summed E-state index contributed by atoms with van der Waals surface area (Å²) in [5, 5.41) is 3.05. The van der Waals surface area contributed by atoms with Crippen molar-refractivity contribution in [3.05, 3.63) is 41.6 Å². The Labute approximate surface area is 111 Å². The molecule has 94 valence electrons. The molecule has 1 N–H and O–H groups in total. The number of likely N-dealkylation sites (N-methyl/N-ethyl adjacent to an activating group) is 1. The molecule has 0 spiro atoms. The molecule has 2 aromatic rings. The van der Waals surface area contributed by atoms with E-state index >= 15 is 0 Å². The van der Waals surface area contributed by atoms with Gasteiger partial charge in [0.25, 0.3) is 0 Å². The van der Waals surface area contributed by atoms with Gasteiger partial charge in [-0.3, -0.25) is 9.78 Å². The van der Waals surface area contributed by atoms with Gasteiger partial charge in [-0.05, 0) is 37.6 Å². The summed E-state index contributed by atoms with van der Waals surface area (Å²) in [6, 6.07) is 9.59. The molecule has 1 heterocycles. The molecular formula is C14H15ClN2O. The molecule has 0 radical (unpaired) electrons. The van der Waals surface area contributed by atoms with E-state index in [2.05, 4.69) is 10.3 Å². The van der Waals surface area contributed by atoms with Crippen molar-refractivity contribution in [3.8, 4) is 0 Å². The van der Waals surface area contributed by atoms with Crippen LogP contribution in [0.25, 0.3) is 10.9 Å². The Morgan fingerprint density at radius 2 is 2.17 bits per heavy atom. The number of pyridine rings is 1. The van der Waals surface area contributed by atoms with Crippen LogP contribution in [0.4, 0.5) is 0 Å². The zero-order chi connectivity index (χ0) is 13.1. The van der Waals surface area contributed by atoms with E-state index in [0.717, 1.165) is 22.2 Å². The molecule has 0 aliphatic heterocycles. The third kappa shape index (κ3) is 2.62. The number of hydrogen-bond acceptors (Lipinski definition) is 2. The lowest BCUT2D eigenvalue weighted by atomic mass is 10.1. The number of aryl methyl sites for hydroxylation is 1. The van der Waals surface area contributed by atoms with Gasteiger partial charge in [0.2, 0.25) is 5.91 Å². The van der Waals surface area contributed by atoms with E-state index in [-0.39, 0.29) is 5.91 Å². The molecule has 1 unspecified atom stereocenters. The Hall–Kier alpha value is -1.61. The third-order valence-electron chi connectivity index (χ3n) is 2.73. The van der Waals surface area contributed by atoms with Crippen molar-refractivity contribution in [3.63, 3.8) is 0 Å². The predicted octanol–water partition coefficient (Wildman–Crippen LogP) is 2.96. The highest BCUT2D eigenvalue weighted by molar-refractivity contribution is 6.30. The van der Waals surface area contributed by atoms with Gasteiger partial charge >= 0.3 is 0 Å². The predicted molar refractivity (Wildman–Crippen MR) is 73.8 cm³/mol. The first-order valence-electron chi connectivity index (χ1n) is 5.91. The summed E-state index contributed by atoms with van der Waals surface area (Å²) >= 11 is 6.13. The quantitative estimate of drug-likeness (QED) is 0.864. The zero-order valence-corrected chi connectivity index (χ0v) is 11.2. The number of fused-ring (bicyclic) bond motifs is 1. The highest BCUT2D eigenvalue weighted by Crippen LogP contribution is 2.24. The second-order valence-corrected chi connectivity index (χ2v) is 4.60. The fourth-order valence-electron chi connectivity index (χ4n) is 1.82. The summed E-state index contributed by atoms with van der Waals surface area (Å²) in [5.41, 5.74) is 2.68. The Kier molecular flexibility index (Phi) is 3.82. The van der Waals surface area contributed by atoms with Crippen LogP contribution >= 0.6 is 11.6 Å². The van der Waals surface area contributed by atoms with Crippen LogP contribution in [-0.2, 0) is 4.79 Å². The fourth-order valence-corrected chi connectivity index (χ4v) is 2.03. The lowest BCUT2D eigenvalue weighted by molar-refractivity contribution is -0.120. The molecule has 0 bridgehead atoms. The van der Waals surface area contributed by atoms with Crippen LogP contribution in [0.1, 0.15) is 23.6 Å². The molecule has 0 aliphatic carbocycles. The van der Waals surface area contributed by atoms with Gasteiger partial charge in [0.05, 0.1) is 5.52 Å². The molecule has 1 atom stereocenters. The lowest BCUT2D eigenvalue weighted by Crippen LogP contribution is -2.26. The van der Waals surface area contributed by atoms with Crippen molar-refractivity contribution < 1.29 is 4.79 Å². The van der Waals surface area contributed by atoms with Crippen molar-refractivity contribution in [1.82, 2.24) is 10.3 Å². The van der Waals surface area contributed by atoms with Gasteiger partial charge in [0, 0.05) is 17.6 Å². The molecule has 3 nitrogen and oxygen atoms in total. The zero-order valence-electron chi connectivity index (χ0n) is 10.4. The standard InChI is InChI=1S/C14H15ClN2O/c1-3-16-14(18)13(15)11-6-7-12-10(8-11)5-4-9(2)17-12/h4-8,13H,3H2,1-2H3,(H,16,18). The highest BCUT2D eigenvalue weighted by atomic mass is 35.5. The number of halogens is 1. The molecule has 2 rings (SSSR count). The largest absolute Gasteiger partial charge is 0.355 e. The summed E-state index contributed by atoms with van der Waals surface area (Å²) in [5.74, 6) is -0.168. The van der Waals surface area contributed by atoms with E-state index in [1.807, 2.05) is 44.2 Å². The van der Waals surface area contributed by atoms with Crippen molar-refractivity contribution >= 4 is 28.4 Å². The van der Waals surface area contributed by atoms with Gasteiger partial charge < -0.3 is 5.32 Å². The molecule has 1 aromatic heterocycles. The van der Waals surface area contributed by atoms with E-state index in [9.17, 15) is 4.79 Å². The van der Waals surface area contributed by atoms with Crippen molar-refractivity contribution in [1.29, 1.82) is 0 Å². The summed E-state index contributed by atoms with van der Waals surface area (Å²) in [6.45, 7) is 4.40. The number of amides is 1. The number of rotatable bonds is 3. The van der Waals surface area contributed by atoms with Crippen LogP contribution in [-0.4, -0.2) is 17.4 Å². The van der Waals surface area contributed by atoms with Gasteiger partial charge in [0.15, 0.2) is 0 Å². The first-order valence-corrected chi connectivity index (χ1v) is 6.34. The van der Waals surface area contributed by atoms with Crippen LogP contribution in [0.5, 0.6) is 0 Å².